The lowest BCUT2D eigenvalue weighted by molar-refractivity contribution is -0.127. The van der Waals surface area contributed by atoms with Crippen molar-refractivity contribution in [1.82, 2.24) is 5.32 Å². The second-order valence-electron chi connectivity index (χ2n) is 6.79. The summed E-state index contributed by atoms with van der Waals surface area (Å²) in [5.74, 6) is 1.02. The highest BCUT2D eigenvalue weighted by molar-refractivity contribution is 7.99. The summed E-state index contributed by atoms with van der Waals surface area (Å²) < 4.78 is 31.2. The molecule has 0 unspecified atom stereocenters. The Bertz CT molecular complexity index is 732. The van der Waals surface area contributed by atoms with Crippen molar-refractivity contribution in [2.75, 3.05) is 29.4 Å². The number of ether oxygens (including phenoxy) is 1. The normalized spacial score (nSPS) is 21.0. The molecule has 6 nitrogen and oxygen atoms in total. The van der Waals surface area contributed by atoms with Crippen molar-refractivity contribution in [3.8, 4) is 5.75 Å². The van der Waals surface area contributed by atoms with Gasteiger partial charge in [-0.25, -0.2) is 8.42 Å². The van der Waals surface area contributed by atoms with E-state index in [4.69, 9.17) is 4.74 Å². The van der Waals surface area contributed by atoms with Gasteiger partial charge in [-0.1, -0.05) is 31.4 Å². The monoisotopic (exact) mass is 398 g/mol. The number of hydrogen-bond acceptors (Lipinski definition) is 5. The summed E-state index contributed by atoms with van der Waals surface area (Å²) in [6.45, 7) is 0.567. The maximum atomic E-state index is 12.5. The Morgan fingerprint density at radius 1 is 1.27 bits per heavy atom. The molecule has 0 saturated heterocycles. The van der Waals surface area contributed by atoms with Crippen LogP contribution in [0.5, 0.6) is 5.75 Å². The molecule has 1 aromatic carbocycles. The fraction of sp³-hybridized carbons (Fsp3) is 0.611. The minimum atomic E-state index is -3.48. The van der Waals surface area contributed by atoms with Crippen LogP contribution < -0.4 is 14.4 Å². The Hall–Kier alpha value is -1.41. The van der Waals surface area contributed by atoms with E-state index in [9.17, 15) is 13.2 Å². The van der Waals surface area contributed by atoms with E-state index in [0.29, 0.717) is 23.2 Å². The van der Waals surface area contributed by atoms with Crippen LogP contribution in [-0.2, 0) is 14.8 Å². The molecule has 144 valence electrons. The molecule has 1 saturated carbocycles. The number of benzene rings is 1. The first kappa shape index (κ1) is 19.4. The van der Waals surface area contributed by atoms with Crippen LogP contribution in [0.15, 0.2) is 24.3 Å². The number of anilines is 1. The number of para-hydroxylation sites is 2. The molecule has 0 bridgehead atoms. The van der Waals surface area contributed by atoms with Gasteiger partial charge in [-0.2, -0.15) is 11.8 Å². The first-order valence-corrected chi connectivity index (χ1v) is 12.0. The molecule has 1 amide bonds. The molecule has 1 fully saturated rings. The van der Waals surface area contributed by atoms with Gasteiger partial charge in [0.1, 0.15) is 5.75 Å². The number of sulfonamides is 1. The molecular weight excluding hydrogens is 372 g/mol. The minimum Gasteiger partial charge on any atom is -0.476 e. The first-order chi connectivity index (χ1) is 12.4. The van der Waals surface area contributed by atoms with Gasteiger partial charge in [0, 0.05) is 17.5 Å². The van der Waals surface area contributed by atoms with Crippen LogP contribution in [0.4, 0.5) is 5.69 Å². The summed E-state index contributed by atoms with van der Waals surface area (Å²) in [5, 5.41) is 3.60. The molecule has 1 N–H and O–H groups in total. The maximum Gasteiger partial charge on any atom is 0.263 e. The molecule has 26 heavy (non-hydrogen) atoms. The molecule has 0 radical (unpaired) electrons. The van der Waals surface area contributed by atoms with Gasteiger partial charge in [-0.05, 0) is 25.0 Å². The number of nitrogens with zero attached hydrogens (tertiary/aromatic N) is 1. The van der Waals surface area contributed by atoms with Crippen molar-refractivity contribution < 1.29 is 17.9 Å². The van der Waals surface area contributed by atoms with E-state index < -0.39 is 16.1 Å². The van der Waals surface area contributed by atoms with Crippen LogP contribution in [0, 0.1) is 0 Å². The predicted octanol–water partition coefficient (Wildman–Crippen LogP) is 2.40. The molecule has 1 aromatic rings. The Morgan fingerprint density at radius 2 is 2.00 bits per heavy atom. The lowest BCUT2D eigenvalue weighted by Crippen LogP contribution is -2.50. The van der Waals surface area contributed by atoms with Crippen LogP contribution in [0.3, 0.4) is 0 Å². The molecule has 1 heterocycles. The van der Waals surface area contributed by atoms with Crippen LogP contribution in [0.1, 0.15) is 32.1 Å². The van der Waals surface area contributed by atoms with Crippen LogP contribution in [-0.4, -0.2) is 50.8 Å². The minimum absolute atomic E-state index is 0.00253. The highest BCUT2D eigenvalue weighted by Crippen LogP contribution is 2.34. The molecule has 8 heteroatoms. The second-order valence-corrected chi connectivity index (χ2v) is 10.1. The molecular formula is C18H26N2O4S2. The highest BCUT2D eigenvalue weighted by Gasteiger charge is 2.34. The fourth-order valence-electron chi connectivity index (χ4n) is 3.40. The van der Waals surface area contributed by atoms with Crippen molar-refractivity contribution in [1.29, 1.82) is 0 Å². The van der Waals surface area contributed by atoms with E-state index in [1.165, 1.54) is 36.4 Å². The van der Waals surface area contributed by atoms with Crippen molar-refractivity contribution in [2.45, 2.75) is 43.5 Å². The summed E-state index contributed by atoms with van der Waals surface area (Å²) in [4.78, 5) is 12.5. The van der Waals surface area contributed by atoms with Gasteiger partial charge >= 0.3 is 0 Å². The van der Waals surface area contributed by atoms with Gasteiger partial charge in [0.05, 0.1) is 18.5 Å². The van der Waals surface area contributed by atoms with Crippen molar-refractivity contribution in [2.24, 2.45) is 0 Å². The van der Waals surface area contributed by atoms with E-state index in [1.54, 1.807) is 24.3 Å². The van der Waals surface area contributed by atoms with E-state index in [-0.39, 0.29) is 12.5 Å². The first-order valence-electron chi connectivity index (χ1n) is 9.08. The molecule has 1 aliphatic carbocycles. The fourth-order valence-corrected chi connectivity index (χ4v) is 5.53. The summed E-state index contributed by atoms with van der Waals surface area (Å²) >= 11 is 1.92. The average Bonchev–Trinajstić information content (AvgIpc) is 2.64. The Balaban J connectivity index is 1.54. The Kier molecular flexibility index (Phi) is 6.34. The maximum absolute atomic E-state index is 12.5. The van der Waals surface area contributed by atoms with Gasteiger partial charge in [0.15, 0.2) is 6.10 Å². The van der Waals surface area contributed by atoms with E-state index in [0.717, 1.165) is 12.0 Å². The molecule has 1 atom stereocenters. The number of nitrogens with one attached hydrogen (secondary N) is 1. The number of fused-ring (bicyclic) bond motifs is 1. The van der Waals surface area contributed by atoms with Crippen LogP contribution in [0.25, 0.3) is 0 Å². The van der Waals surface area contributed by atoms with E-state index in [1.807, 2.05) is 11.8 Å². The van der Waals surface area contributed by atoms with Gasteiger partial charge < -0.3 is 10.1 Å². The number of carbonyl (C=O) groups is 1. The summed E-state index contributed by atoms with van der Waals surface area (Å²) in [5.41, 5.74) is 0.479. The molecule has 1 aliphatic heterocycles. The number of hydrogen-bond donors (Lipinski definition) is 1. The third-order valence-corrected chi connectivity index (χ3v) is 7.26. The highest BCUT2D eigenvalue weighted by atomic mass is 32.2. The van der Waals surface area contributed by atoms with Crippen LogP contribution in [0.2, 0.25) is 0 Å². The Labute approximate surface area is 159 Å². The van der Waals surface area contributed by atoms with Crippen molar-refractivity contribution >= 4 is 33.4 Å². The zero-order chi connectivity index (χ0) is 18.6. The standard InChI is InChI=1S/C18H26N2O4S2/c1-26(22,23)20-13-17(24-16-10-6-5-9-15(16)20)18(21)19-11-12-25-14-7-3-2-4-8-14/h5-6,9-10,14,17H,2-4,7-8,11-13H2,1H3,(H,19,21)/t17-/m1/s1. The summed E-state index contributed by atoms with van der Waals surface area (Å²) in [6, 6.07) is 6.89. The second kappa shape index (κ2) is 8.52. The quantitative estimate of drug-likeness (QED) is 0.745. The Morgan fingerprint density at radius 3 is 2.73 bits per heavy atom. The smallest absolute Gasteiger partial charge is 0.263 e. The predicted molar refractivity (Wildman–Crippen MR) is 105 cm³/mol. The van der Waals surface area contributed by atoms with Gasteiger partial charge in [0.25, 0.3) is 5.91 Å². The SMILES string of the molecule is CS(=O)(=O)N1C[C@H](C(=O)NCCSC2CCCCC2)Oc2ccccc21. The number of thioether (sulfide) groups is 1. The number of rotatable bonds is 6. The summed E-state index contributed by atoms with van der Waals surface area (Å²) in [7, 11) is -3.48. The molecule has 2 aliphatic rings. The van der Waals surface area contributed by atoms with Gasteiger partial charge in [-0.15, -0.1) is 0 Å². The molecule has 0 spiro atoms. The summed E-state index contributed by atoms with van der Waals surface area (Å²) in [6.07, 6.45) is 6.80. The lowest BCUT2D eigenvalue weighted by atomic mass is 10.0. The lowest BCUT2D eigenvalue weighted by Gasteiger charge is -2.33. The van der Waals surface area contributed by atoms with E-state index in [2.05, 4.69) is 5.32 Å². The number of amides is 1. The topological polar surface area (TPSA) is 75.7 Å². The molecule has 3 rings (SSSR count). The molecule has 0 aromatic heterocycles. The van der Waals surface area contributed by atoms with Gasteiger partial charge in [-0.3, -0.25) is 9.10 Å². The largest absolute Gasteiger partial charge is 0.476 e. The third-order valence-electron chi connectivity index (χ3n) is 4.73. The average molecular weight is 399 g/mol. The van der Waals surface area contributed by atoms with Crippen LogP contribution >= 0.6 is 11.8 Å². The zero-order valence-corrected chi connectivity index (χ0v) is 16.7. The number of carbonyl (C=O) groups excluding carboxylic acids is 1. The third kappa shape index (κ3) is 4.85. The van der Waals surface area contributed by atoms with Crippen molar-refractivity contribution in [3.05, 3.63) is 24.3 Å². The zero-order valence-electron chi connectivity index (χ0n) is 15.0. The van der Waals surface area contributed by atoms with Crippen molar-refractivity contribution in [3.63, 3.8) is 0 Å². The van der Waals surface area contributed by atoms with E-state index >= 15 is 0 Å². The van der Waals surface area contributed by atoms with Gasteiger partial charge in [0.2, 0.25) is 10.0 Å².